The molecular formula is C16H14Cl2N2O6. The molecule has 138 valence electrons. The zero-order valence-corrected chi connectivity index (χ0v) is 15.2. The molecule has 0 aliphatic heterocycles. The number of rotatable bonds is 6. The van der Waals surface area contributed by atoms with E-state index in [1.165, 1.54) is 24.3 Å². The number of carbonyl (C=O) groups is 4. The van der Waals surface area contributed by atoms with Gasteiger partial charge in [-0.2, -0.15) is 0 Å². The minimum Gasteiger partial charge on any atom is -0.465 e. The average molecular weight is 401 g/mol. The highest BCUT2D eigenvalue weighted by atomic mass is 35.5. The van der Waals surface area contributed by atoms with Crippen molar-refractivity contribution in [3.8, 4) is 0 Å². The summed E-state index contributed by atoms with van der Waals surface area (Å²) in [5.74, 6) is -2.94. The van der Waals surface area contributed by atoms with Crippen LogP contribution in [-0.4, -0.2) is 38.0 Å². The van der Waals surface area contributed by atoms with Crippen LogP contribution >= 0.6 is 23.2 Å². The van der Waals surface area contributed by atoms with Crippen LogP contribution in [0.15, 0.2) is 46.5 Å². The van der Waals surface area contributed by atoms with Gasteiger partial charge in [0.1, 0.15) is 10.1 Å². The van der Waals surface area contributed by atoms with Gasteiger partial charge in [-0.3, -0.25) is 9.59 Å². The number of hydrogen-bond donors (Lipinski definition) is 2. The second kappa shape index (κ2) is 10.2. The second-order valence-corrected chi connectivity index (χ2v) is 5.34. The minimum atomic E-state index is -0.835. The van der Waals surface area contributed by atoms with Crippen molar-refractivity contribution in [2.24, 2.45) is 0 Å². The van der Waals surface area contributed by atoms with Crippen molar-refractivity contribution in [1.82, 2.24) is 0 Å². The fraction of sp³-hybridized carbons (Fsp3) is 0.125. The Hall–Kier alpha value is -2.84. The molecule has 26 heavy (non-hydrogen) atoms. The quantitative estimate of drug-likeness (QED) is 0.558. The topological polar surface area (TPSA) is 111 Å². The maximum absolute atomic E-state index is 11.7. The molecule has 0 bridgehead atoms. The molecule has 0 aromatic heterocycles. The van der Waals surface area contributed by atoms with Gasteiger partial charge in [-0.15, -0.1) is 0 Å². The molecular weight excluding hydrogens is 387 g/mol. The Bertz CT molecular complexity index is 706. The molecule has 0 unspecified atom stereocenters. The Labute approximate surface area is 158 Å². The van der Waals surface area contributed by atoms with Crippen molar-refractivity contribution < 1.29 is 28.7 Å². The predicted octanol–water partition coefficient (Wildman–Crippen LogP) is 2.16. The van der Waals surface area contributed by atoms with Gasteiger partial charge < -0.3 is 20.1 Å². The Morgan fingerprint density at radius 1 is 0.769 bits per heavy atom. The van der Waals surface area contributed by atoms with Gasteiger partial charge in [-0.25, -0.2) is 9.59 Å². The largest absolute Gasteiger partial charge is 0.465 e. The van der Waals surface area contributed by atoms with Gasteiger partial charge in [-0.1, -0.05) is 23.2 Å². The highest BCUT2D eigenvalue weighted by Gasteiger charge is 2.10. The van der Waals surface area contributed by atoms with Gasteiger partial charge in [0.15, 0.2) is 0 Å². The molecule has 0 heterocycles. The van der Waals surface area contributed by atoms with Gasteiger partial charge in [0, 0.05) is 23.5 Å². The maximum Gasteiger partial charge on any atom is 0.349 e. The summed E-state index contributed by atoms with van der Waals surface area (Å²) in [7, 11) is 2.27. The first-order chi connectivity index (χ1) is 12.3. The number of nitrogens with one attached hydrogen (secondary N) is 2. The molecule has 0 spiro atoms. The third-order valence-corrected chi connectivity index (χ3v) is 3.22. The summed E-state index contributed by atoms with van der Waals surface area (Å²) in [5, 5.41) is 4.20. The van der Waals surface area contributed by atoms with Crippen LogP contribution in [-0.2, 0) is 28.7 Å². The fourth-order valence-corrected chi connectivity index (χ4v) is 1.89. The molecule has 0 atom stereocenters. The van der Waals surface area contributed by atoms with Gasteiger partial charge >= 0.3 is 11.9 Å². The zero-order valence-electron chi connectivity index (χ0n) is 13.7. The number of carbonyl (C=O) groups excluding carboxylic acids is 4. The van der Waals surface area contributed by atoms with Crippen molar-refractivity contribution in [2.45, 2.75) is 0 Å². The normalized spacial score (nSPS) is 11.4. The van der Waals surface area contributed by atoms with Crippen molar-refractivity contribution in [3.05, 3.63) is 46.5 Å². The second-order valence-electron chi connectivity index (χ2n) is 4.52. The molecule has 1 rings (SSSR count). The standard InChI is InChI=1S/C16H14Cl2N2O6/c1-25-15(23)11(17)7-13(21)19-9-3-5-10(6-4-9)20-14(22)8-12(18)16(24)26-2/h3-8H,1-2H3,(H,19,21)(H,20,22)/b11-7-,12-8+. The lowest BCUT2D eigenvalue weighted by molar-refractivity contribution is -0.136. The van der Waals surface area contributed by atoms with Crippen LogP contribution in [0.3, 0.4) is 0 Å². The Morgan fingerprint density at radius 2 is 1.08 bits per heavy atom. The number of amides is 2. The third kappa shape index (κ3) is 6.96. The summed E-state index contributed by atoms with van der Waals surface area (Å²) < 4.78 is 8.73. The SMILES string of the molecule is COC(=O)/C(Cl)=C/C(=O)Nc1ccc(NC(=O)/C=C(/Cl)C(=O)OC)cc1. The Kier molecular flexibility index (Phi) is 8.33. The predicted molar refractivity (Wildman–Crippen MR) is 95.6 cm³/mol. The monoisotopic (exact) mass is 400 g/mol. The number of hydrogen-bond acceptors (Lipinski definition) is 6. The van der Waals surface area contributed by atoms with Crippen LogP contribution < -0.4 is 10.6 Å². The molecule has 0 aliphatic rings. The van der Waals surface area contributed by atoms with Crippen molar-refractivity contribution in [2.75, 3.05) is 24.9 Å². The van der Waals surface area contributed by atoms with E-state index in [4.69, 9.17) is 23.2 Å². The summed E-state index contributed by atoms with van der Waals surface area (Å²) in [6.45, 7) is 0. The van der Waals surface area contributed by atoms with E-state index in [2.05, 4.69) is 20.1 Å². The van der Waals surface area contributed by atoms with E-state index in [1.54, 1.807) is 0 Å². The molecule has 1 aromatic carbocycles. The third-order valence-electron chi connectivity index (χ3n) is 2.70. The summed E-state index contributed by atoms with van der Waals surface area (Å²) in [5.41, 5.74) is 0.781. The Balaban J connectivity index is 2.69. The van der Waals surface area contributed by atoms with Gasteiger partial charge in [0.2, 0.25) is 11.8 Å². The Morgan fingerprint density at radius 3 is 1.35 bits per heavy atom. The molecule has 0 saturated heterocycles. The van der Waals surface area contributed by atoms with Crippen LogP contribution in [0.4, 0.5) is 11.4 Å². The highest BCUT2D eigenvalue weighted by molar-refractivity contribution is 6.43. The number of esters is 2. The summed E-state index contributed by atoms with van der Waals surface area (Å²) >= 11 is 11.2. The van der Waals surface area contributed by atoms with Crippen LogP contribution in [0.25, 0.3) is 0 Å². The lowest BCUT2D eigenvalue weighted by atomic mass is 10.2. The fourth-order valence-electron chi connectivity index (χ4n) is 1.54. The van der Waals surface area contributed by atoms with Crippen LogP contribution in [0.5, 0.6) is 0 Å². The van der Waals surface area contributed by atoms with Gasteiger partial charge in [0.25, 0.3) is 0 Å². The molecule has 1 aromatic rings. The molecule has 0 fully saturated rings. The van der Waals surface area contributed by atoms with Crippen molar-refractivity contribution >= 4 is 58.3 Å². The number of benzene rings is 1. The molecule has 8 nitrogen and oxygen atoms in total. The first-order valence-corrected chi connectivity index (χ1v) is 7.65. The smallest absolute Gasteiger partial charge is 0.349 e. The lowest BCUT2D eigenvalue weighted by Crippen LogP contribution is -2.12. The summed E-state index contributed by atoms with van der Waals surface area (Å²) in [6.07, 6.45) is 1.76. The molecule has 0 radical (unpaired) electrons. The van der Waals surface area contributed by atoms with Gasteiger partial charge in [-0.05, 0) is 24.3 Å². The maximum atomic E-state index is 11.7. The van der Waals surface area contributed by atoms with E-state index in [1.807, 2.05) is 0 Å². The molecule has 10 heteroatoms. The van der Waals surface area contributed by atoms with E-state index in [-0.39, 0.29) is 10.1 Å². The van der Waals surface area contributed by atoms with E-state index in [0.717, 1.165) is 26.4 Å². The average Bonchev–Trinajstić information content (AvgIpc) is 2.61. The van der Waals surface area contributed by atoms with Crippen molar-refractivity contribution in [1.29, 1.82) is 0 Å². The number of halogens is 2. The van der Waals surface area contributed by atoms with Crippen LogP contribution in [0.2, 0.25) is 0 Å². The highest BCUT2D eigenvalue weighted by Crippen LogP contribution is 2.15. The van der Waals surface area contributed by atoms with E-state index in [0.29, 0.717) is 11.4 Å². The van der Waals surface area contributed by atoms with E-state index >= 15 is 0 Å². The molecule has 2 amide bonds. The molecule has 2 N–H and O–H groups in total. The van der Waals surface area contributed by atoms with Crippen LogP contribution in [0.1, 0.15) is 0 Å². The van der Waals surface area contributed by atoms with Crippen molar-refractivity contribution in [3.63, 3.8) is 0 Å². The first-order valence-electron chi connectivity index (χ1n) is 6.90. The lowest BCUT2D eigenvalue weighted by Gasteiger charge is -2.06. The van der Waals surface area contributed by atoms with E-state index < -0.39 is 23.8 Å². The van der Waals surface area contributed by atoms with E-state index in [9.17, 15) is 19.2 Å². The van der Waals surface area contributed by atoms with Crippen LogP contribution in [0, 0.1) is 0 Å². The zero-order chi connectivity index (χ0) is 19.7. The number of anilines is 2. The summed E-state index contributed by atoms with van der Waals surface area (Å²) in [4.78, 5) is 45.6. The summed E-state index contributed by atoms with van der Waals surface area (Å²) in [6, 6.07) is 6.00. The molecule has 0 aliphatic carbocycles. The first kappa shape index (κ1) is 21.2. The minimum absolute atomic E-state index is 0.372. The number of ether oxygens (including phenoxy) is 2. The van der Waals surface area contributed by atoms with Gasteiger partial charge in [0.05, 0.1) is 14.2 Å². The number of methoxy groups -OCH3 is 2. The molecule has 0 saturated carbocycles.